The van der Waals surface area contributed by atoms with E-state index in [1.54, 1.807) is 0 Å². The molecule has 34 heavy (non-hydrogen) atoms. The fourth-order valence-corrected chi connectivity index (χ4v) is 3.70. The minimum atomic E-state index is -3.81. The first-order valence-electron chi connectivity index (χ1n) is 9.79. The number of hydrogen-bond acceptors (Lipinski definition) is 11. The Labute approximate surface area is 194 Å². The van der Waals surface area contributed by atoms with E-state index in [2.05, 4.69) is 15.5 Å². The molecule has 0 spiro atoms. The lowest BCUT2D eigenvalue weighted by Crippen LogP contribution is -2.23. The zero-order valence-corrected chi connectivity index (χ0v) is 19.0. The molecule has 3 rings (SSSR count). The second kappa shape index (κ2) is 10.4. The number of benzene rings is 2. The van der Waals surface area contributed by atoms with Gasteiger partial charge in [-0.3, -0.25) is 10.1 Å². The zero-order chi connectivity index (χ0) is 24.9. The number of aliphatic hydroxyl groups is 1. The summed E-state index contributed by atoms with van der Waals surface area (Å²) in [6.45, 7) is -0.481. The van der Waals surface area contributed by atoms with Gasteiger partial charge in [-0.2, -0.15) is 0 Å². The van der Waals surface area contributed by atoms with Crippen LogP contribution in [0.5, 0.6) is 0 Å². The number of rotatable bonds is 10. The maximum atomic E-state index is 12.7. The summed E-state index contributed by atoms with van der Waals surface area (Å²) in [5.41, 5.74) is 0.551. The Hall–Kier alpha value is -3.88. The van der Waals surface area contributed by atoms with Crippen molar-refractivity contribution in [3.8, 4) is 11.5 Å². The molecule has 0 aliphatic carbocycles. The predicted molar refractivity (Wildman–Crippen MR) is 118 cm³/mol. The van der Waals surface area contributed by atoms with Gasteiger partial charge in [0.15, 0.2) is 6.61 Å². The molecule has 0 aliphatic heterocycles. The number of ether oxygens (including phenoxy) is 1. The van der Waals surface area contributed by atoms with Crippen molar-refractivity contribution in [1.82, 2.24) is 14.5 Å². The van der Waals surface area contributed by atoms with Gasteiger partial charge in [0.25, 0.3) is 11.6 Å². The van der Waals surface area contributed by atoms with Crippen molar-refractivity contribution in [2.45, 2.75) is 11.5 Å². The normalized spacial score (nSPS) is 11.4. The zero-order valence-electron chi connectivity index (χ0n) is 18.2. The van der Waals surface area contributed by atoms with Crippen LogP contribution >= 0.6 is 0 Å². The molecule has 1 aromatic heterocycles. The number of nitrogens with zero attached hydrogens (tertiary/aromatic N) is 4. The van der Waals surface area contributed by atoms with Gasteiger partial charge in [0.1, 0.15) is 0 Å². The number of hydrogen-bond donors (Lipinski definition) is 2. The summed E-state index contributed by atoms with van der Waals surface area (Å²) in [5.74, 6) is -0.819. The van der Waals surface area contributed by atoms with Crippen molar-refractivity contribution in [2.24, 2.45) is 0 Å². The molecule has 0 atom stereocenters. The maximum Gasteiger partial charge on any atom is 0.340 e. The number of nitro benzene ring substituents is 1. The molecular weight excluding hydrogens is 470 g/mol. The Morgan fingerprint density at radius 1 is 1.21 bits per heavy atom. The van der Waals surface area contributed by atoms with E-state index >= 15 is 0 Å². The Morgan fingerprint density at radius 3 is 2.53 bits per heavy atom. The highest BCUT2D eigenvalue weighted by molar-refractivity contribution is 7.89. The van der Waals surface area contributed by atoms with Crippen molar-refractivity contribution in [1.29, 1.82) is 0 Å². The topological polar surface area (TPSA) is 178 Å². The van der Waals surface area contributed by atoms with E-state index in [1.165, 1.54) is 56.6 Å². The smallest absolute Gasteiger partial charge is 0.340 e. The monoisotopic (exact) mass is 491 g/mol. The van der Waals surface area contributed by atoms with Gasteiger partial charge in [0.05, 0.1) is 22.0 Å². The van der Waals surface area contributed by atoms with Gasteiger partial charge in [-0.15, -0.1) is 10.2 Å². The number of nitrogens with one attached hydrogen (secondary N) is 1. The van der Waals surface area contributed by atoms with E-state index in [-0.39, 0.29) is 46.8 Å². The number of esters is 1. The first-order chi connectivity index (χ1) is 16.1. The molecule has 0 saturated carbocycles. The van der Waals surface area contributed by atoms with Crippen LogP contribution in [0, 0.1) is 10.1 Å². The number of carbonyl (C=O) groups excluding carboxylic acids is 1. The number of anilines is 1. The van der Waals surface area contributed by atoms with Gasteiger partial charge in [-0.05, 0) is 30.3 Å². The molecule has 13 nitrogen and oxygen atoms in total. The van der Waals surface area contributed by atoms with Crippen LogP contribution in [-0.4, -0.2) is 66.2 Å². The molecule has 0 aliphatic rings. The van der Waals surface area contributed by atoms with Crippen molar-refractivity contribution in [3.63, 3.8) is 0 Å². The number of nitro groups is 1. The molecule has 0 unspecified atom stereocenters. The minimum absolute atomic E-state index is 0.0383. The van der Waals surface area contributed by atoms with Gasteiger partial charge < -0.3 is 19.6 Å². The molecule has 180 valence electrons. The third kappa shape index (κ3) is 5.54. The van der Waals surface area contributed by atoms with E-state index in [9.17, 15) is 23.3 Å². The van der Waals surface area contributed by atoms with Gasteiger partial charge >= 0.3 is 5.97 Å². The molecule has 0 fully saturated rings. The van der Waals surface area contributed by atoms with Gasteiger partial charge in [0.2, 0.25) is 15.9 Å². The Kier molecular flexibility index (Phi) is 7.55. The Balaban J connectivity index is 1.78. The average Bonchev–Trinajstić information content (AvgIpc) is 3.30. The van der Waals surface area contributed by atoms with Crippen molar-refractivity contribution in [3.05, 3.63) is 64.0 Å². The summed E-state index contributed by atoms with van der Waals surface area (Å²) >= 11 is 0. The van der Waals surface area contributed by atoms with Crippen LogP contribution in [0.25, 0.3) is 11.5 Å². The standard InChI is InChI=1S/C20H21N5O8S/c1-24(2)34(30,31)15-7-8-17(21-9-10-26)16(11-15)20(27)32-12-18-22-23-19(33-18)13-3-5-14(6-4-13)25(28)29/h3-8,11,21,26H,9-10,12H2,1-2H3. The average molecular weight is 491 g/mol. The molecule has 2 N–H and O–H groups in total. The fraction of sp³-hybridized carbons (Fsp3) is 0.250. The van der Waals surface area contributed by atoms with Crippen LogP contribution < -0.4 is 5.32 Å². The van der Waals surface area contributed by atoms with E-state index in [4.69, 9.17) is 14.3 Å². The fourth-order valence-electron chi connectivity index (χ4n) is 2.77. The maximum absolute atomic E-state index is 12.7. The largest absolute Gasteiger partial charge is 0.452 e. The molecule has 0 radical (unpaired) electrons. The van der Waals surface area contributed by atoms with Crippen LogP contribution in [-0.2, 0) is 21.4 Å². The molecule has 0 amide bonds. The number of carbonyl (C=O) groups is 1. The third-order valence-corrected chi connectivity index (χ3v) is 6.35. The van der Waals surface area contributed by atoms with E-state index in [0.717, 1.165) is 4.31 Å². The SMILES string of the molecule is CN(C)S(=O)(=O)c1ccc(NCCO)c(C(=O)OCc2nnc(-c3ccc([N+](=O)[O-])cc3)o2)c1. The van der Waals surface area contributed by atoms with Crippen molar-refractivity contribution >= 4 is 27.4 Å². The van der Waals surface area contributed by atoms with Crippen LogP contribution in [0.2, 0.25) is 0 Å². The number of non-ortho nitro benzene ring substituents is 1. The molecule has 14 heteroatoms. The molecule has 2 aromatic carbocycles. The Bertz CT molecular complexity index is 1290. The highest BCUT2D eigenvalue weighted by Crippen LogP contribution is 2.24. The number of sulfonamides is 1. The summed E-state index contributed by atoms with van der Waals surface area (Å²) in [7, 11) is -1.08. The van der Waals surface area contributed by atoms with Gasteiger partial charge in [0, 0.05) is 44.0 Å². The lowest BCUT2D eigenvalue weighted by Gasteiger charge is -2.15. The van der Waals surface area contributed by atoms with Crippen LogP contribution in [0.3, 0.4) is 0 Å². The van der Waals surface area contributed by atoms with E-state index < -0.39 is 27.5 Å². The highest BCUT2D eigenvalue weighted by atomic mass is 32.2. The van der Waals surface area contributed by atoms with Crippen LogP contribution in [0.4, 0.5) is 11.4 Å². The molecule has 1 heterocycles. The molecule has 3 aromatic rings. The lowest BCUT2D eigenvalue weighted by molar-refractivity contribution is -0.384. The molecule has 0 saturated heterocycles. The second-order valence-electron chi connectivity index (χ2n) is 7.03. The van der Waals surface area contributed by atoms with Crippen LogP contribution in [0.1, 0.15) is 16.2 Å². The quantitative estimate of drug-likeness (QED) is 0.239. The summed E-state index contributed by atoms with van der Waals surface area (Å²) < 4.78 is 36.6. The van der Waals surface area contributed by atoms with E-state index in [1.807, 2.05) is 0 Å². The summed E-state index contributed by atoms with van der Waals surface area (Å²) in [6.07, 6.45) is 0. The van der Waals surface area contributed by atoms with Gasteiger partial charge in [-0.1, -0.05) is 0 Å². The summed E-state index contributed by atoms with van der Waals surface area (Å²) in [6, 6.07) is 9.37. The first-order valence-corrected chi connectivity index (χ1v) is 11.2. The Morgan fingerprint density at radius 2 is 1.91 bits per heavy atom. The minimum Gasteiger partial charge on any atom is -0.452 e. The summed E-state index contributed by atoms with van der Waals surface area (Å²) in [5, 5.41) is 30.3. The van der Waals surface area contributed by atoms with E-state index in [0.29, 0.717) is 5.56 Å². The second-order valence-corrected chi connectivity index (χ2v) is 9.18. The van der Waals surface area contributed by atoms with Gasteiger partial charge in [-0.25, -0.2) is 17.5 Å². The predicted octanol–water partition coefficient (Wildman–Crippen LogP) is 1.66. The molecule has 0 bridgehead atoms. The first kappa shape index (κ1) is 24.8. The third-order valence-electron chi connectivity index (χ3n) is 4.54. The van der Waals surface area contributed by atoms with Crippen molar-refractivity contribution in [2.75, 3.05) is 32.6 Å². The van der Waals surface area contributed by atoms with Crippen LogP contribution in [0.15, 0.2) is 51.8 Å². The number of aliphatic hydroxyl groups excluding tert-OH is 1. The highest BCUT2D eigenvalue weighted by Gasteiger charge is 2.22. The molecular formula is C20H21N5O8S. The number of aromatic nitrogens is 2. The lowest BCUT2D eigenvalue weighted by atomic mass is 10.2. The van der Waals surface area contributed by atoms with Crippen molar-refractivity contribution < 1.29 is 32.4 Å². The summed E-state index contributed by atoms with van der Waals surface area (Å²) in [4.78, 5) is 22.9.